The summed E-state index contributed by atoms with van der Waals surface area (Å²) in [4.78, 5) is 0. The first-order chi connectivity index (χ1) is 5.45. The average molecular weight is 153 g/mol. The third-order valence-electron chi connectivity index (χ3n) is 3.29. The minimum absolute atomic E-state index is 1.02. The normalized spacial score (nSPS) is 33.3. The van der Waals surface area contributed by atoms with Crippen LogP contribution in [0.5, 0.6) is 0 Å². The molecule has 2 fully saturated rings. The maximum atomic E-state index is 3.49. The molecule has 1 aliphatic heterocycles. The monoisotopic (exact) mass is 153 g/mol. The summed E-state index contributed by atoms with van der Waals surface area (Å²) in [5.41, 5.74) is 0. The maximum Gasteiger partial charge on any atom is -0.00204 e. The second-order valence-electron chi connectivity index (χ2n) is 4.25. The summed E-state index contributed by atoms with van der Waals surface area (Å²) < 4.78 is 0. The van der Waals surface area contributed by atoms with E-state index in [0.29, 0.717) is 0 Å². The van der Waals surface area contributed by atoms with Gasteiger partial charge in [0, 0.05) is 0 Å². The van der Waals surface area contributed by atoms with Crippen molar-refractivity contribution in [2.75, 3.05) is 13.1 Å². The highest BCUT2D eigenvalue weighted by molar-refractivity contribution is 4.76. The smallest absolute Gasteiger partial charge is 0.00204 e. The van der Waals surface area contributed by atoms with Crippen LogP contribution in [0, 0.1) is 11.8 Å². The molecule has 1 saturated heterocycles. The Morgan fingerprint density at radius 3 is 2.36 bits per heavy atom. The standard InChI is InChI=1S/C10H19N/c1-3-9(4-1)7-10-5-2-6-11-8-10/h9-11H,1-8H2. The van der Waals surface area contributed by atoms with Crippen molar-refractivity contribution >= 4 is 0 Å². The van der Waals surface area contributed by atoms with Crippen LogP contribution in [0.15, 0.2) is 0 Å². The van der Waals surface area contributed by atoms with Crippen molar-refractivity contribution in [3.8, 4) is 0 Å². The number of piperidine rings is 1. The largest absolute Gasteiger partial charge is 0.316 e. The zero-order chi connectivity index (χ0) is 7.52. The molecule has 64 valence electrons. The summed E-state index contributed by atoms with van der Waals surface area (Å²) in [6, 6.07) is 0. The molecular weight excluding hydrogens is 134 g/mol. The van der Waals surface area contributed by atoms with Gasteiger partial charge in [0.25, 0.3) is 0 Å². The van der Waals surface area contributed by atoms with E-state index in [4.69, 9.17) is 0 Å². The first kappa shape index (κ1) is 7.60. The molecule has 2 aliphatic rings. The van der Waals surface area contributed by atoms with E-state index >= 15 is 0 Å². The van der Waals surface area contributed by atoms with Crippen LogP contribution in [0.25, 0.3) is 0 Å². The third-order valence-corrected chi connectivity index (χ3v) is 3.29. The van der Waals surface area contributed by atoms with Crippen molar-refractivity contribution in [3.05, 3.63) is 0 Å². The van der Waals surface area contributed by atoms with Crippen LogP contribution in [0.1, 0.15) is 38.5 Å². The molecule has 1 heterocycles. The molecule has 1 nitrogen and oxygen atoms in total. The SMILES string of the molecule is C1CC(CC2CCCNC2)C1. The van der Waals surface area contributed by atoms with Gasteiger partial charge in [-0.2, -0.15) is 0 Å². The highest BCUT2D eigenvalue weighted by Gasteiger charge is 2.22. The lowest BCUT2D eigenvalue weighted by Gasteiger charge is -2.31. The van der Waals surface area contributed by atoms with Gasteiger partial charge in [0.1, 0.15) is 0 Å². The van der Waals surface area contributed by atoms with Crippen LogP contribution in [-0.2, 0) is 0 Å². The Kier molecular flexibility index (Phi) is 2.47. The predicted molar refractivity (Wildman–Crippen MR) is 47.6 cm³/mol. The molecule has 1 saturated carbocycles. The third kappa shape index (κ3) is 1.96. The van der Waals surface area contributed by atoms with Crippen LogP contribution in [0.2, 0.25) is 0 Å². The molecule has 0 radical (unpaired) electrons. The Morgan fingerprint density at radius 1 is 1.00 bits per heavy atom. The van der Waals surface area contributed by atoms with E-state index < -0.39 is 0 Å². The summed E-state index contributed by atoms with van der Waals surface area (Å²) in [5, 5.41) is 3.49. The van der Waals surface area contributed by atoms with E-state index in [2.05, 4.69) is 5.32 Å². The van der Waals surface area contributed by atoms with Crippen molar-refractivity contribution in [1.82, 2.24) is 5.32 Å². The molecule has 0 aromatic rings. The summed E-state index contributed by atoms with van der Waals surface area (Å²) in [5.74, 6) is 2.13. The molecule has 0 aromatic heterocycles. The molecule has 2 rings (SSSR count). The van der Waals surface area contributed by atoms with E-state index in [0.717, 1.165) is 11.8 Å². The summed E-state index contributed by atoms with van der Waals surface area (Å²) in [6.45, 7) is 2.57. The molecule has 0 bridgehead atoms. The van der Waals surface area contributed by atoms with Crippen molar-refractivity contribution in [2.24, 2.45) is 11.8 Å². The molecular formula is C10H19N. The Balaban J connectivity index is 1.67. The molecule has 11 heavy (non-hydrogen) atoms. The molecule has 0 amide bonds. The van der Waals surface area contributed by atoms with E-state index in [1.165, 1.54) is 51.6 Å². The predicted octanol–water partition coefficient (Wildman–Crippen LogP) is 2.18. The van der Waals surface area contributed by atoms with Gasteiger partial charge in [-0.25, -0.2) is 0 Å². The molecule has 1 unspecified atom stereocenters. The summed E-state index contributed by atoms with van der Waals surface area (Å²) in [6.07, 6.45) is 8.98. The molecule has 1 heteroatoms. The van der Waals surface area contributed by atoms with Crippen molar-refractivity contribution in [1.29, 1.82) is 0 Å². The number of hydrogen-bond donors (Lipinski definition) is 1. The van der Waals surface area contributed by atoms with Crippen molar-refractivity contribution in [3.63, 3.8) is 0 Å². The van der Waals surface area contributed by atoms with Crippen molar-refractivity contribution < 1.29 is 0 Å². The Labute approximate surface area is 69.6 Å². The van der Waals surface area contributed by atoms with E-state index in [1.807, 2.05) is 0 Å². The number of nitrogens with one attached hydrogen (secondary N) is 1. The second kappa shape index (κ2) is 3.57. The lowest BCUT2D eigenvalue weighted by atomic mass is 9.77. The highest BCUT2D eigenvalue weighted by Crippen LogP contribution is 2.33. The van der Waals surface area contributed by atoms with Gasteiger partial charge in [-0.3, -0.25) is 0 Å². The van der Waals surface area contributed by atoms with Gasteiger partial charge in [-0.05, 0) is 44.2 Å². The van der Waals surface area contributed by atoms with E-state index in [1.54, 1.807) is 0 Å². The Morgan fingerprint density at radius 2 is 1.82 bits per heavy atom. The summed E-state index contributed by atoms with van der Waals surface area (Å²) in [7, 11) is 0. The Hall–Kier alpha value is -0.0400. The van der Waals surface area contributed by atoms with Crippen LogP contribution >= 0.6 is 0 Å². The fourth-order valence-electron chi connectivity index (χ4n) is 2.33. The zero-order valence-electron chi connectivity index (χ0n) is 7.31. The van der Waals surface area contributed by atoms with E-state index in [-0.39, 0.29) is 0 Å². The fraction of sp³-hybridized carbons (Fsp3) is 1.00. The van der Waals surface area contributed by atoms with Crippen LogP contribution in [0.4, 0.5) is 0 Å². The van der Waals surface area contributed by atoms with Crippen LogP contribution in [0.3, 0.4) is 0 Å². The minimum Gasteiger partial charge on any atom is -0.316 e. The minimum atomic E-state index is 1.02. The average Bonchev–Trinajstić information content (AvgIpc) is 1.99. The maximum absolute atomic E-state index is 3.49. The lowest BCUT2D eigenvalue weighted by molar-refractivity contribution is 0.224. The van der Waals surface area contributed by atoms with Gasteiger partial charge < -0.3 is 5.32 Å². The van der Waals surface area contributed by atoms with Gasteiger partial charge in [-0.15, -0.1) is 0 Å². The van der Waals surface area contributed by atoms with Gasteiger partial charge in [0.15, 0.2) is 0 Å². The van der Waals surface area contributed by atoms with Gasteiger partial charge in [0.05, 0.1) is 0 Å². The summed E-state index contributed by atoms with van der Waals surface area (Å²) >= 11 is 0. The fourth-order valence-corrected chi connectivity index (χ4v) is 2.33. The molecule has 1 atom stereocenters. The van der Waals surface area contributed by atoms with Crippen LogP contribution < -0.4 is 5.32 Å². The molecule has 1 aliphatic carbocycles. The second-order valence-corrected chi connectivity index (χ2v) is 4.25. The van der Waals surface area contributed by atoms with Crippen LogP contribution in [-0.4, -0.2) is 13.1 Å². The quantitative estimate of drug-likeness (QED) is 0.641. The zero-order valence-corrected chi connectivity index (χ0v) is 7.31. The van der Waals surface area contributed by atoms with E-state index in [9.17, 15) is 0 Å². The van der Waals surface area contributed by atoms with Gasteiger partial charge in [0.2, 0.25) is 0 Å². The number of hydrogen-bond acceptors (Lipinski definition) is 1. The Bertz CT molecular complexity index is 112. The molecule has 0 spiro atoms. The first-order valence-corrected chi connectivity index (χ1v) is 5.16. The molecule has 1 N–H and O–H groups in total. The van der Waals surface area contributed by atoms with Gasteiger partial charge >= 0.3 is 0 Å². The molecule has 0 aromatic carbocycles. The lowest BCUT2D eigenvalue weighted by Crippen LogP contribution is -2.31. The number of rotatable bonds is 2. The van der Waals surface area contributed by atoms with Gasteiger partial charge in [-0.1, -0.05) is 19.3 Å². The highest BCUT2D eigenvalue weighted by atomic mass is 14.9. The van der Waals surface area contributed by atoms with Crippen molar-refractivity contribution in [2.45, 2.75) is 38.5 Å². The first-order valence-electron chi connectivity index (χ1n) is 5.16. The topological polar surface area (TPSA) is 12.0 Å².